The number of aromatic nitrogens is 1. The van der Waals surface area contributed by atoms with Crippen LogP contribution >= 0.6 is 11.3 Å². The maximum Gasteiger partial charge on any atom is 1.00 e. The molecule has 0 radical (unpaired) electrons. The van der Waals surface area contributed by atoms with Crippen molar-refractivity contribution < 1.29 is 43.1 Å². The van der Waals surface area contributed by atoms with Crippen LogP contribution in [-0.4, -0.2) is 19.7 Å². The smallest absolute Gasteiger partial charge is 0.302 e. The van der Waals surface area contributed by atoms with Crippen molar-refractivity contribution in [2.45, 2.75) is 11.1 Å². The van der Waals surface area contributed by atoms with Gasteiger partial charge in [0.1, 0.15) is 4.21 Å². The van der Waals surface area contributed by atoms with E-state index in [-0.39, 0.29) is 39.7 Å². The molecule has 0 aliphatic carbocycles. The molecule has 13 heavy (non-hydrogen) atoms. The van der Waals surface area contributed by atoms with Gasteiger partial charge in [-0.15, -0.1) is 0 Å². The minimum Gasteiger partial charge on any atom is -0.302 e. The molecule has 5 nitrogen and oxygen atoms in total. The predicted molar refractivity (Wildman–Crippen MR) is 45.5 cm³/mol. The Morgan fingerprint density at radius 1 is 1.77 bits per heavy atom. The SMILES string of the molecule is CC(=O)Nc1ncc(S(=O)O)s1.[Na+]. The van der Waals surface area contributed by atoms with Gasteiger partial charge in [-0.3, -0.25) is 4.79 Å². The van der Waals surface area contributed by atoms with E-state index in [9.17, 15) is 9.00 Å². The summed E-state index contributed by atoms with van der Waals surface area (Å²) in [7, 11) is 0. The maximum absolute atomic E-state index is 10.5. The summed E-state index contributed by atoms with van der Waals surface area (Å²) < 4.78 is 19.3. The van der Waals surface area contributed by atoms with Crippen molar-refractivity contribution in [1.82, 2.24) is 4.98 Å². The van der Waals surface area contributed by atoms with Crippen LogP contribution in [0.1, 0.15) is 6.92 Å². The zero-order chi connectivity index (χ0) is 9.14. The van der Waals surface area contributed by atoms with Crippen LogP contribution in [0.4, 0.5) is 5.13 Å². The van der Waals surface area contributed by atoms with Crippen molar-refractivity contribution in [1.29, 1.82) is 0 Å². The predicted octanol–water partition coefficient (Wildman–Crippen LogP) is -2.31. The van der Waals surface area contributed by atoms with E-state index in [0.717, 1.165) is 11.3 Å². The molecule has 0 spiro atoms. The normalized spacial score (nSPS) is 11.5. The Morgan fingerprint density at radius 2 is 2.38 bits per heavy atom. The Labute approximate surface area is 104 Å². The summed E-state index contributed by atoms with van der Waals surface area (Å²) in [6, 6.07) is 0. The Bertz CT molecular complexity index is 327. The number of rotatable bonds is 2. The van der Waals surface area contributed by atoms with E-state index < -0.39 is 11.1 Å². The molecule has 0 aromatic carbocycles. The molecule has 1 aromatic rings. The second-order valence-electron chi connectivity index (χ2n) is 1.91. The first kappa shape index (κ1) is 13.2. The van der Waals surface area contributed by atoms with E-state index in [4.69, 9.17) is 4.55 Å². The Hall–Kier alpha value is 0.210. The van der Waals surface area contributed by atoms with E-state index in [1.807, 2.05) is 0 Å². The average Bonchev–Trinajstić information content (AvgIpc) is 2.34. The maximum atomic E-state index is 10.5. The van der Waals surface area contributed by atoms with Crippen LogP contribution < -0.4 is 34.9 Å². The molecule has 0 saturated heterocycles. The first-order valence-electron chi connectivity index (χ1n) is 2.94. The van der Waals surface area contributed by atoms with Gasteiger partial charge in [0, 0.05) is 6.92 Å². The van der Waals surface area contributed by atoms with Gasteiger partial charge in [-0.05, 0) is 0 Å². The number of hydrogen-bond acceptors (Lipinski definition) is 4. The molecule has 1 heterocycles. The van der Waals surface area contributed by atoms with Crippen molar-refractivity contribution >= 4 is 33.5 Å². The fourth-order valence-corrected chi connectivity index (χ4v) is 1.81. The Balaban J connectivity index is 0.00000144. The Kier molecular flexibility index (Phi) is 5.93. The van der Waals surface area contributed by atoms with Gasteiger partial charge in [-0.2, -0.15) is 0 Å². The second kappa shape index (κ2) is 5.84. The largest absolute Gasteiger partial charge is 1.00 e. The molecular formula is C5H6N2NaO3S2+. The van der Waals surface area contributed by atoms with Gasteiger partial charge in [-0.1, -0.05) is 11.3 Å². The topological polar surface area (TPSA) is 79.3 Å². The van der Waals surface area contributed by atoms with Crippen LogP contribution in [0.5, 0.6) is 0 Å². The molecule has 1 atom stereocenters. The number of carbonyl (C=O) groups excluding carboxylic acids is 1. The number of hydrogen-bond donors (Lipinski definition) is 2. The zero-order valence-corrected chi connectivity index (χ0v) is 10.7. The van der Waals surface area contributed by atoms with E-state index in [0.29, 0.717) is 5.13 Å². The molecule has 8 heteroatoms. The van der Waals surface area contributed by atoms with Gasteiger partial charge in [0.15, 0.2) is 16.2 Å². The van der Waals surface area contributed by atoms with Crippen LogP contribution in [0.25, 0.3) is 0 Å². The van der Waals surface area contributed by atoms with Crippen molar-refractivity contribution in [2.24, 2.45) is 0 Å². The number of anilines is 1. The first-order valence-corrected chi connectivity index (χ1v) is 4.86. The third kappa shape index (κ3) is 4.30. The van der Waals surface area contributed by atoms with E-state index in [2.05, 4.69) is 10.3 Å². The molecule has 0 saturated carbocycles. The fourth-order valence-electron chi connectivity index (χ4n) is 0.548. The molecule has 1 rings (SSSR count). The molecule has 1 amide bonds. The van der Waals surface area contributed by atoms with E-state index in [1.165, 1.54) is 13.1 Å². The molecule has 1 aromatic heterocycles. The zero-order valence-electron chi connectivity index (χ0n) is 7.10. The standard InChI is InChI=1S/C5H6N2O3S2.Na/c1-3(8)7-5-6-2-4(11-5)12(9)10;/h2H,1H3,(H,9,10)(H,6,7,8);/q;+1. The Morgan fingerprint density at radius 3 is 2.77 bits per heavy atom. The summed E-state index contributed by atoms with van der Waals surface area (Å²) in [5, 5.41) is 2.74. The first-order chi connectivity index (χ1) is 5.59. The molecule has 1 unspecified atom stereocenters. The number of nitrogens with one attached hydrogen (secondary N) is 1. The third-order valence-corrected chi connectivity index (χ3v) is 2.77. The number of thiazole rings is 1. The van der Waals surface area contributed by atoms with Gasteiger partial charge in [-0.25, -0.2) is 9.19 Å². The molecule has 2 N–H and O–H groups in total. The second-order valence-corrected chi connectivity index (χ2v) is 4.14. The fraction of sp³-hybridized carbons (Fsp3) is 0.200. The summed E-state index contributed by atoms with van der Waals surface area (Å²) >= 11 is -1.04. The van der Waals surface area contributed by atoms with Gasteiger partial charge < -0.3 is 9.87 Å². The number of amides is 1. The van der Waals surface area contributed by atoms with Crippen molar-refractivity contribution in [3.8, 4) is 0 Å². The minimum absolute atomic E-state index is 0. The van der Waals surface area contributed by atoms with Crippen LogP contribution in [0.15, 0.2) is 10.4 Å². The molecule has 66 valence electrons. The summed E-state index contributed by atoms with van der Waals surface area (Å²) in [5.41, 5.74) is 0. The van der Waals surface area contributed by atoms with E-state index >= 15 is 0 Å². The summed E-state index contributed by atoms with van der Waals surface area (Å²) in [6.07, 6.45) is 1.26. The van der Waals surface area contributed by atoms with Crippen LogP contribution in [0.2, 0.25) is 0 Å². The average molecular weight is 229 g/mol. The summed E-state index contributed by atoms with van der Waals surface area (Å²) in [6.45, 7) is 1.34. The monoisotopic (exact) mass is 229 g/mol. The van der Waals surface area contributed by atoms with Crippen LogP contribution in [0, 0.1) is 0 Å². The number of nitrogens with zero attached hydrogens (tertiary/aromatic N) is 1. The quantitative estimate of drug-likeness (QED) is 0.441. The molecular weight excluding hydrogens is 223 g/mol. The van der Waals surface area contributed by atoms with Crippen molar-refractivity contribution in [2.75, 3.05) is 5.32 Å². The summed E-state index contributed by atoms with van der Waals surface area (Å²) in [5.74, 6) is -0.250. The molecule has 0 aliphatic heterocycles. The molecule has 0 fully saturated rings. The summed E-state index contributed by atoms with van der Waals surface area (Å²) in [4.78, 5) is 14.2. The molecule has 0 aliphatic rings. The van der Waals surface area contributed by atoms with Crippen LogP contribution in [-0.2, 0) is 15.9 Å². The van der Waals surface area contributed by atoms with Gasteiger partial charge >= 0.3 is 29.6 Å². The third-order valence-electron chi connectivity index (χ3n) is 0.940. The minimum atomic E-state index is -2.02. The van der Waals surface area contributed by atoms with Gasteiger partial charge in [0.25, 0.3) is 0 Å². The van der Waals surface area contributed by atoms with Crippen LogP contribution in [0.3, 0.4) is 0 Å². The molecule has 0 bridgehead atoms. The number of carbonyl (C=O) groups is 1. The van der Waals surface area contributed by atoms with Gasteiger partial charge in [0.2, 0.25) is 5.91 Å². The van der Waals surface area contributed by atoms with Crippen molar-refractivity contribution in [3.63, 3.8) is 0 Å². The van der Waals surface area contributed by atoms with Gasteiger partial charge in [0.05, 0.1) is 6.20 Å². The van der Waals surface area contributed by atoms with E-state index in [1.54, 1.807) is 0 Å². The van der Waals surface area contributed by atoms with Crippen molar-refractivity contribution in [3.05, 3.63) is 6.20 Å².